The third-order valence-electron chi connectivity index (χ3n) is 4.86. The summed E-state index contributed by atoms with van der Waals surface area (Å²) in [5.74, 6) is 1.98. The number of rotatable bonds is 6. The normalized spacial score (nSPS) is 18.6. The fourth-order valence-electron chi connectivity index (χ4n) is 3.39. The highest BCUT2D eigenvalue weighted by atomic mass is 16.5. The zero-order valence-corrected chi connectivity index (χ0v) is 15.5. The molecular weight excluding hydrogens is 354 g/mol. The molecule has 8 nitrogen and oxygen atoms in total. The van der Waals surface area contributed by atoms with Crippen LogP contribution in [0.1, 0.15) is 25.0 Å². The number of anilines is 2. The lowest BCUT2D eigenvalue weighted by molar-refractivity contribution is 0.207. The number of benzene rings is 1. The lowest BCUT2D eigenvalue weighted by Gasteiger charge is -2.16. The molecule has 1 fully saturated rings. The van der Waals surface area contributed by atoms with E-state index in [-0.39, 0.29) is 11.8 Å². The van der Waals surface area contributed by atoms with E-state index >= 15 is 0 Å². The van der Waals surface area contributed by atoms with Crippen LogP contribution in [0.2, 0.25) is 0 Å². The zero-order valence-electron chi connectivity index (χ0n) is 15.5. The molecule has 1 aromatic carbocycles. The molecule has 2 heterocycles. The van der Waals surface area contributed by atoms with E-state index in [4.69, 9.17) is 10.00 Å². The molecule has 28 heavy (non-hydrogen) atoms. The second kappa shape index (κ2) is 8.06. The van der Waals surface area contributed by atoms with Crippen molar-refractivity contribution in [3.63, 3.8) is 0 Å². The largest absolute Gasteiger partial charge is 0.490 e. The van der Waals surface area contributed by atoms with E-state index in [1.54, 1.807) is 0 Å². The summed E-state index contributed by atoms with van der Waals surface area (Å²) in [6.45, 7) is 0. The minimum atomic E-state index is 0.216. The van der Waals surface area contributed by atoms with E-state index in [9.17, 15) is 0 Å². The van der Waals surface area contributed by atoms with Gasteiger partial charge in [0.05, 0.1) is 18.1 Å². The van der Waals surface area contributed by atoms with Crippen molar-refractivity contribution in [2.24, 2.45) is 0 Å². The number of nitriles is 1. The van der Waals surface area contributed by atoms with E-state index in [0.29, 0.717) is 17.7 Å². The molecule has 1 aliphatic carbocycles. The van der Waals surface area contributed by atoms with Crippen molar-refractivity contribution < 1.29 is 4.74 Å². The molecule has 3 aromatic rings. The van der Waals surface area contributed by atoms with Crippen LogP contribution in [0.25, 0.3) is 11.3 Å². The maximum Gasteiger partial charge on any atom is 0.158 e. The van der Waals surface area contributed by atoms with Crippen molar-refractivity contribution in [1.29, 1.82) is 5.26 Å². The van der Waals surface area contributed by atoms with Crippen molar-refractivity contribution in [3.8, 4) is 23.1 Å². The van der Waals surface area contributed by atoms with Crippen LogP contribution in [0, 0.1) is 11.3 Å². The van der Waals surface area contributed by atoms with Crippen molar-refractivity contribution >= 4 is 11.6 Å². The predicted molar refractivity (Wildman–Crippen MR) is 105 cm³/mol. The number of para-hydroxylation sites is 1. The average Bonchev–Trinajstić information content (AvgIpc) is 3.38. The Morgan fingerprint density at radius 1 is 1.18 bits per heavy atom. The molecule has 2 atom stereocenters. The predicted octanol–water partition coefficient (Wildman–Crippen LogP) is 3.00. The molecule has 1 saturated carbocycles. The molecule has 1 aliphatic rings. The summed E-state index contributed by atoms with van der Waals surface area (Å²) < 4.78 is 6.28. The summed E-state index contributed by atoms with van der Waals surface area (Å²) in [6, 6.07) is 12.3. The van der Waals surface area contributed by atoms with Gasteiger partial charge in [0.25, 0.3) is 0 Å². The van der Waals surface area contributed by atoms with E-state index in [0.717, 1.165) is 36.3 Å². The quantitative estimate of drug-likeness (QED) is 0.607. The van der Waals surface area contributed by atoms with Gasteiger partial charge in [0.1, 0.15) is 23.7 Å². The molecule has 8 heteroatoms. The van der Waals surface area contributed by atoms with Gasteiger partial charge in [-0.25, -0.2) is 9.97 Å². The number of nitrogens with one attached hydrogen (secondary N) is 3. The Bertz CT molecular complexity index is 977. The Labute approximate surface area is 163 Å². The molecule has 0 amide bonds. The van der Waals surface area contributed by atoms with Gasteiger partial charge in [-0.3, -0.25) is 5.10 Å². The Balaban J connectivity index is 1.50. The molecule has 0 bridgehead atoms. The number of hydrogen-bond acceptors (Lipinski definition) is 7. The van der Waals surface area contributed by atoms with E-state index in [1.165, 1.54) is 12.4 Å². The Kier molecular flexibility index (Phi) is 5.17. The Morgan fingerprint density at radius 3 is 2.82 bits per heavy atom. The minimum Gasteiger partial charge on any atom is -0.490 e. The topological polar surface area (TPSA) is 112 Å². The molecular formula is C20H21N7O. The number of H-pyrrole nitrogens is 1. The first-order chi connectivity index (χ1) is 13.7. The van der Waals surface area contributed by atoms with Crippen LogP contribution in [-0.4, -0.2) is 39.4 Å². The number of aromatic amines is 1. The first-order valence-corrected chi connectivity index (χ1v) is 9.23. The van der Waals surface area contributed by atoms with Crippen LogP contribution >= 0.6 is 0 Å². The summed E-state index contributed by atoms with van der Waals surface area (Å²) in [5.41, 5.74) is 2.08. The molecule has 0 spiro atoms. The van der Waals surface area contributed by atoms with Crippen LogP contribution in [0.3, 0.4) is 0 Å². The first-order valence-electron chi connectivity index (χ1n) is 9.23. The van der Waals surface area contributed by atoms with Gasteiger partial charge in [-0.2, -0.15) is 10.4 Å². The molecule has 0 saturated heterocycles. The van der Waals surface area contributed by atoms with Crippen LogP contribution in [0.4, 0.5) is 11.6 Å². The third-order valence-corrected chi connectivity index (χ3v) is 4.86. The smallest absolute Gasteiger partial charge is 0.158 e. The molecule has 142 valence electrons. The van der Waals surface area contributed by atoms with Crippen molar-refractivity contribution in [1.82, 2.24) is 25.5 Å². The fourth-order valence-corrected chi connectivity index (χ4v) is 3.39. The summed E-state index contributed by atoms with van der Waals surface area (Å²) in [7, 11) is 2.00. The van der Waals surface area contributed by atoms with Gasteiger partial charge in [0.15, 0.2) is 11.5 Å². The van der Waals surface area contributed by atoms with Gasteiger partial charge in [0, 0.05) is 17.7 Å². The Hall–Kier alpha value is -3.44. The van der Waals surface area contributed by atoms with Crippen LogP contribution < -0.4 is 15.4 Å². The van der Waals surface area contributed by atoms with Gasteiger partial charge in [-0.05, 0) is 38.4 Å². The van der Waals surface area contributed by atoms with Crippen molar-refractivity contribution in [3.05, 3.63) is 48.4 Å². The summed E-state index contributed by atoms with van der Waals surface area (Å²) in [4.78, 5) is 8.14. The number of hydrogen-bond donors (Lipinski definition) is 3. The standard InChI is InChI=1S/C20H21N7O/c1-22-13-6-7-15(8-13)28-18-5-3-2-4-16(18)17-9-19(27-26-17)25-20-12-23-14(10-21)11-24-20/h2-5,9,11-13,15,22H,6-8H2,1H3,(H2,24,25,26,27)/t13-,15-/m1/s1. The third kappa shape index (κ3) is 3.94. The monoisotopic (exact) mass is 375 g/mol. The van der Waals surface area contributed by atoms with E-state index in [1.807, 2.05) is 43.4 Å². The Morgan fingerprint density at radius 2 is 2.07 bits per heavy atom. The number of ether oxygens (including phenoxy) is 1. The highest BCUT2D eigenvalue weighted by Gasteiger charge is 2.25. The van der Waals surface area contributed by atoms with Gasteiger partial charge >= 0.3 is 0 Å². The number of nitrogens with zero attached hydrogens (tertiary/aromatic N) is 4. The van der Waals surface area contributed by atoms with E-state index in [2.05, 4.69) is 30.8 Å². The second-order valence-electron chi connectivity index (χ2n) is 6.73. The van der Waals surface area contributed by atoms with Crippen LogP contribution in [-0.2, 0) is 0 Å². The highest BCUT2D eigenvalue weighted by Crippen LogP contribution is 2.33. The molecule has 3 N–H and O–H groups in total. The van der Waals surface area contributed by atoms with Crippen molar-refractivity contribution in [2.75, 3.05) is 12.4 Å². The first kappa shape index (κ1) is 17.9. The molecule has 0 aliphatic heterocycles. The summed E-state index contributed by atoms with van der Waals surface area (Å²) in [5, 5.41) is 22.5. The fraction of sp³-hybridized carbons (Fsp3) is 0.300. The summed E-state index contributed by atoms with van der Waals surface area (Å²) in [6.07, 6.45) is 6.33. The minimum absolute atomic E-state index is 0.216. The van der Waals surface area contributed by atoms with E-state index < -0.39 is 0 Å². The van der Waals surface area contributed by atoms with Gasteiger partial charge in [-0.1, -0.05) is 12.1 Å². The maximum atomic E-state index is 8.80. The maximum absolute atomic E-state index is 8.80. The summed E-state index contributed by atoms with van der Waals surface area (Å²) >= 11 is 0. The van der Waals surface area contributed by atoms with Crippen LogP contribution in [0.15, 0.2) is 42.7 Å². The van der Waals surface area contributed by atoms with Gasteiger partial charge in [-0.15, -0.1) is 0 Å². The second-order valence-corrected chi connectivity index (χ2v) is 6.73. The SMILES string of the molecule is CN[C@@H]1CC[C@@H](Oc2ccccc2-c2cc(Nc3cnc(C#N)cn3)n[nH]2)C1. The molecule has 0 unspecified atom stereocenters. The molecule has 0 radical (unpaired) electrons. The lowest BCUT2D eigenvalue weighted by atomic mass is 10.1. The highest BCUT2D eigenvalue weighted by molar-refractivity contribution is 5.70. The molecule has 4 rings (SSSR count). The van der Waals surface area contributed by atoms with Crippen molar-refractivity contribution in [2.45, 2.75) is 31.4 Å². The van der Waals surface area contributed by atoms with Gasteiger partial charge < -0.3 is 15.4 Å². The van der Waals surface area contributed by atoms with Crippen LogP contribution in [0.5, 0.6) is 5.75 Å². The number of aromatic nitrogens is 4. The average molecular weight is 375 g/mol. The molecule has 2 aromatic heterocycles. The van der Waals surface area contributed by atoms with Gasteiger partial charge in [0.2, 0.25) is 0 Å². The lowest BCUT2D eigenvalue weighted by Crippen LogP contribution is -2.23. The zero-order chi connectivity index (χ0) is 19.3.